The predicted molar refractivity (Wildman–Crippen MR) is 99.0 cm³/mol. The van der Waals surface area contributed by atoms with Gasteiger partial charge in [-0.05, 0) is 18.2 Å². The molecular weight excluding hydrogens is 365 g/mol. The van der Waals surface area contributed by atoms with Gasteiger partial charge < -0.3 is 9.80 Å². The molecule has 1 aromatic carbocycles. The molecule has 0 aromatic heterocycles. The average Bonchev–Trinajstić information content (AvgIpc) is 3.01. The molecule has 2 aliphatic rings. The Hall–Kier alpha value is -0.330. The second kappa shape index (κ2) is 9.08. The van der Waals surface area contributed by atoms with Crippen LogP contribution in [0, 0.1) is 0 Å². The van der Waals surface area contributed by atoms with Crippen LogP contribution in [-0.4, -0.2) is 54.7 Å². The molecule has 124 valence electrons. The summed E-state index contributed by atoms with van der Waals surface area (Å²) in [5, 5.41) is 4.00. The van der Waals surface area contributed by atoms with Crippen molar-refractivity contribution in [2.24, 2.45) is 0 Å². The molecule has 1 N–H and O–H groups in total. The van der Waals surface area contributed by atoms with Gasteiger partial charge in [-0.3, -0.25) is 10.1 Å². The van der Waals surface area contributed by atoms with Crippen molar-refractivity contribution in [3.8, 4) is 0 Å². The van der Waals surface area contributed by atoms with Crippen molar-refractivity contribution >= 4 is 59.8 Å². The lowest BCUT2D eigenvalue weighted by Gasteiger charge is -2.37. The molecule has 0 bridgehead atoms. The summed E-state index contributed by atoms with van der Waals surface area (Å²) in [5.41, 5.74) is 1.14. The Bertz CT molecular complexity index is 492. The molecule has 0 radical (unpaired) electrons. The fourth-order valence-corrected chi connectivity index (χ4v) is 3.75. The molecule has 0 spiro atoms. The molecule has 2 heterocycles. The first kappa shape index (κ1) is 19.7. The summed E-state index contributed by atoms with van der Waals surface area (Å²) < 4.78 is 0. The van der Waals surface area contributed by atoms with Gasteiger partial charge in [0.2, 0.25) is 5.91 Å². The zero-order chi connectivity index (χ0) is 13.9. The van der Waals surface area contributed by atoms with E-state index in [1.165, 1.54) is 0 Å². The number of nitrogens with zero attached hydrogens (tertiary/aromatic N) is 2. The Morgan fingerprint density at radius 1 is 1.23 bits per heavy atom. The van der Waals surface area contributed by atoms with Crippen LogP contribution in [0.1, 0.15) is 0 Å². The van der Waals surface area contributed by atoms with Crippen molar-refractivity contribution < 1.29 is 4.79 Å². The molecule has 0 aliphatic carbocycles. The number of benzene rings is 1. The molecule has 22 heavy (non-hydrogen) atoms. The van der Waals surface area contributed by atoms with Crippen LogP contribution < -0.4 is 10.2 Å². The average molecular weight is 385 g/mol. The zero-order valence-corrected chi connectivity index (χ0v) is 15.2. The fraction of sp³-hybridized carbons (Fsp3) is 0.500. The Morgan fingerprint density at radius 3 is 2.55 bits per heavy atom. The lowest BCUT2D eigenvalue weighted by Crippen LogP contribution is -2.53. The van der Waals surface area contributed by atoms with E-state index in [1.807, 2.05) is 23.1 Å². The third-order valence-electron chi connectivity index (χ3n) is 3.78. The Morgan fingerprint density at radius 2 is 1.95 bits per heavy atom. The summed E-state index contributed by atoms with van der Waals surface area (Å²) in [6.45, 7) is 3.31. The fourth-order valence-electron chi connectivity index (χ4n) is 2.63. The van der Waals surface area contributed by atoms with Crippen LogP contribution >= 0.6 is 48.2 Å². The van der Waals surface area contributed by atoms with E-state index >= 15 is 0 Å². The highest BCUT2D eigenvalue weighted by Gasteiger charge is 2.29. The molecule has 1 aromatic rings. The highest BCUT2D eigenvalue weighted by Crippen LogP contribution is 2.21. The third-order valence-corrected chi connectivity index (χ3v) is 4.95. The zero-order valence-electron chi connectivity index (χ0n) is 12.0. The second-order valence-electron chi connectivity index (χ2n) is 5.06. The van der Waals surface area contributed by atoms with Crippen molar-refractivity contribution in [3.63, 3.8) is 0 Å². The number of carbonyl (C=O) groups excluding carboxylic acids is 1. The first-order valence-corrected chi connectivity index (χ1v) is 8.38. The Labute approximate surface area is 152 Å². The molecule has 2 aliphatic heterocycles. The van der Waals surface area contributed by atoms with Gasteiger partial charge in [0.1, 0.15) is 0 Å². The largest absolute Gasteiger partial charge is 0.368 e. The molecule has 4 nitrogen and oxygen atoms in total. The topological polar surface area (TPSA) is 35.6 Å². The van der Waals surface area contributed by atoms with Gasteiger partial charge in [-0.15, -0.1) is 36.6 Å². The lowest BCUT2D eigenvalue weighted by molar-refractivity contribution is -0.132. The molecule has 0 saturated carbocycles. The van der Waals surface area contributed by atoms with Crippen LogP contribution in [0.3, 0.4) is 0 Å². The van der Waals surface area contributed by atoms with Crippen molar-refractivity contribution in [2.75, 3.05) is 42.7 Å². The summed E-state index contributed by atoms with van der Waals surface area (Å²) in [7, 11) is 0. The highest BCUT2D eigenvalue weighted by atomic mass is 35.5. The van der Waals surface area contributed by atoms with Crippen LogP contribution in [0.2, 0.25) is 5.02 Å². The number of hydrogen-bond acceptors (Lipinski definition) is 4. The van der Waals surface area contributed by atoms with Gasteiger partial charge in [0.15, 0.2) is 0 Å². The SMILES string of the molecule is Cl.Cl.O=C([C@H]1CSCN1)N1CCN(c2cccc(Cl)c2)CC1. The minimum absolute atomic E-state index is 0. The minimum Gasteiger partial charge on any atom is -0.368 e. The molecule has 2 saturated heterocycles. The van der Waals surface area contributed by atoms with E-state index in [2.05, 4.69) is 16.3 Å². The first-order chi connectivity index (χ1) is 9.74. The number of anilines is 1. The van der Waals surface area contributed by atoms with Crippen LogP contribution in [0.25, 0.3) is 0 Å². The number of nitrogens with one attached hydrogen (secondary N) is 1. The maximum absolute atomic E-state index is 12.3. The normalized spacial score (nSPS) is 21.0. The summed E-state index contributed by atoms with van der Waals surface area (Å²) in [4.78, 5) is 16.6. The van der Waals surface area contributed by atoms with Crippen LogP contribution in [-0.2, 0) is 4.79 Å². The maximum Gasteiger partial charge on any atom is 0.240 e. The number of rotatable bonds is 2. The van der Waals surface area contributed by atoms with Gasteiger partial charge in [0, 0.05) is 48.5 Å². The van der Waals surface area contributed by atoms with Crippen molar-refractivity contribution in [1.29, 1.82) is 0 Å². The van der Waals surface area contributed by atoms with Crippen LogP contribution in [0.5, 0.6) is 0 Å². The molecule has 0 unspecified atom stereocenters. The van der Waals surface area contributed by atoms with Gasteiger partial charge >= 0.3 is 0 Å². The van der Waals surface area contributed by atoms with Gasteiger partial charge in [-0.25, -0.2) is 0 Å². The molecule has 3 rings (SSSR count). The standard InChI is InChI=1S/C14H18ClN3OS.2ClH/c15-11-2-1-3-12(8-11)17-4-6-18(7-5-17)14(19)13-9-20-10-16-13;;/h1-3,8,13,16H,4-7,9-10H2;2*1H/t13-;;/m1../s1. The maximum atomic E-state index is 12.3. The third kappa shape index (κ3) is 4.59. The smallest absolute Gasteiger partial charge is 0.240 e. The van der Waals surface area contributed by atoms with Gasteiger partial charge in [-0.2, -0.15) is 0 Å². The summed E-state index contributed by atoms with van der Waals surface area (Å²) in [6, 6.07) is 7.91. The van der Waals surface area contributed by atoms with Crippen molar-refractivity contribution in [3.05, 3.63) is 29.3 Å². The molecule has 1 amide bonds. The summed E-state index contributed by atoms with van der Waals surface area (Å²) in [6.07, 6.45) is 0. The van der Waals surface area contributed by atoms with E-state index in [4.69, 9.17) is 11.6 Å². The number of hydrogen-bond donors (Lipinski definition) is 1. The number of halogens is 3. The van der Waals surface area contributed by atoms with Crippen molar-refractivity contribution in [1.82, 2.24) is 10.2 Å². The highest BCUT2D eigenvalue weighted by molar-refractivity contribution is 7.99. The van der Waals surface area contributed by atoms with E-state index in [1.54, 1.807) is 11.8 Å². The number of piperazine rings is 1. The Balaban J connectivity index is 0.00000121. The molecule has 2 fully saturated rings. The van der Waals surface area contributed by atoms with E-state index in [0.717, 1.165) is 48.5 Å². The van der Waals surface area contributed by atoms with Gasteiger partial charge in [0.05, 0.1) is 6.04 Å². The van der Waals surface area contributed by atoms with Crippen LogP contribution in [0.4, 0.5) is 5.69 Å². The second-order valence-corrected chi connectivity index (χ2v) is 6.53. The summed E-state index contributed by atoms with van der Waals surface area (Å²) >= 11 is 7.82. The van der Waals surface area contributed by atoms with E-state index < -0.39 is 0 Å². The monoisotopic (exact) mass is 383 g/mol. The lowest BCUT2D eigenvalue weighted by atomic mass is 10.2. The molecular formula is C14H20Cl3N3OS. The Kier molecular flexibility index (Phi) is 8.14. The first-order valence-electron chi connectivity index (χ1n) is 6.84. The predicted octanol–water partition coefficient (Wildman–Crippen LogP) is 2.49. The molecule has 8 heteroatoms. The van der Waals surface area contributed by atoms with E-state index in [-0.39, 0.29) is 36.8 Å². The number of thioether (sulfide) groups is 1. The quantitative estimate of drug-likeness (QED) is 0.850. The minimum atomic E-state index is 0. The van der Waals surface area contributed by atoms with Gasteiger partial charge in [-0.1, -0.05) is 17.7 Å². The van der Waals surface area contributed by atoms with Crippen LogP contribution in [0.15, 0.2) is 24.3 Å². The number of carbonyl (C=O) groups is 1. The molecule has 1 atom stereocenters. The van der Waals surface area contributed by atoms with E-state index in [9.17, 15) is 4.79 Å². The summed E-state index contributed by atoms with van der Waals surface area (Å²) in [5.74, 6) is 2.03. The number of amides is 1. The van der Waals surface area contributed by atoms with E-state index in [0.29, 0.717) is 0 Å². The van der Waals surface area contributed by atoms with Crippen molar-refractivity contribution in [2.45, 2.75) is 6.04 Å². The van der Waals surface area contributed by atoms with Gasteiger partial charge in [0.25, 0.3) is 0 Å².